The number of hydrogen-bond acceptors (Lipinski definition) is 3. The van der Waals surface area contributed by atoms with E-state index in [9.17, 15) is 13.2 Å². The zero-order chi connectivity index (χ0) is 21.9. The fraction of sp³-hybridized carbons (Fsp3) is 0.435. The highest BCUT2D eigenvalue weighted by atomic mass is 35.5. The van der Waals surface area contributed by atoms with Gasteiger partial charge in [0, 0.05) is 18.1 Å². The summed E-state index contributed by atoms with van der Waals surface area (Å²) in [6.07, 6.45) is 3.98. The second-order valence-corrected chi connectivity index (χ2v) is 10.4. The number of likely N-dealkylation sites (tertiary alicyclic amines) is 1. The number of amides is 1. The Kier molecular flexibility index (Phi) is 7.09. The van der Waals surface area contributed by atoms with E-state index >= 15 is 0 Å². The smallest absolute Gasteiger partial charge is 0.246 e. The van der Waals surface area contributed by atoms with E-state index in [1.165, 1.54) is 9.87 Å². The first-order chi connectivity index (χ1) is 14.2. The van der Waals surface area contributed by atoms with E-state index in [1.54, 1.807) is 30.0 Å². The normalized spacial score (nSPS) is 16.3. The number of piperidine rings is 1. The van der Waals surface area contributed by atoms with E-state index < -0.39 is 16.1 Å². The summed E-state index contributed by atoms with van der Waals surface area (Å²) in [4.78, 5) is 15.0. The van der Waals surface area contributed by atoms with E-state index in [0.717, 1.165) is 31.1 Å². The molecule has 0 saturated carbocycles. The van der Waals surface area contributed by atoms with Gasteiger partial charge in [0.2, 0.25) is 15.9 Å². The van der Waals surface area contributed by atoms with Gasteiger partial charge < -0.3 is 4.90 Å². The Labute approximate surface area is 184 Å². The predicted molar refractivity (Wildman–Crippen MR) is 122 cm³/mol. The molecule has 0 radical (unpaired) electrons. The van der Waals surface area contributed by atoms with Crippen LogP contribution in [0.1, 0.15) is 30.9 Å². The van der Waals surface area contributed by atoms with Crippen LogP contribution in [0.2, 0.25) is 5.02 Å². The van der Waals surface area contributed by atoms with Gasteiger partial charge in [-0.05, 0) is 62.3 Å². The summed E-state index contributed by atoms with van der Waals surface area (Å²) in [5.74, 6) is 0.367. The Hall–Kier alpha value is -2.05. The highest BCUT2D eigenvalue weighted by Gasteiger charge is 2.34. The average Bonchev–Trinajstić information content (AvgIpc) is 2.70. The molecule has 1 heterocycles. The number of benzene rings is 2. The molecule has 1 atom stereocenters. The van der Waals surface area contributed by atoms with Crippen molar-refractivity contribution in [2.45, 2.75) is 39.2 Å². The maximum absolute atomic E-state index is 13.2. The van der Waals surface area contributed by atoms with Gasteiger partial charge >= 0.3 is 0 Å². The van der Waals surface area contributed by atoms with Gasteiger partial charge in [0.25, 0.3) is 0 Å². The highest BCUT2D eigenvalue weighted by molar-refractivity contribution is 7.92. The second kappa shape index (κ2) is 9.40. The maximum Gasteiger partial charge on any atom is 0.246 e. The third kappa shape index (κ3) is 5.35. The number of carbonyl (C=O) groups excluding carboxylic acids is 1. The third-order valence-electron chi connectivity index (χ3n) is 5.77. The Balaban J connectivity index is 1.71. The molecule has 1 fully saturated rings. The average molecular weight is 449 g/mol. The number of aryl methyl sites for hydroxylation is 1. The van der Waals surface area contributed by atoms with Crippen LogP contribution in [0.3, 0.4) is 0 Å². The van der Waals surface area contributed by atoms with Crippen molar-refractivity contribution < 1.29 is 13.2 Å². The van der Waals surface area contributed by atoms with Crippen molar-refractivity contribution in [3.05, 3.63) is 64.7 Å². The van der Waals surface area contributed by atoms with Crippen molar-refractivity contribution >= 4 is 33.2 Å². The first-order valence-electron chi connectivity index (χ1n) is 10.2. The lowest BCUT2D eigenvalue weighted by Crippen LogP contribution is -2.51. The van der Waals surface area contributed by atoms with Crippen molar-refractivity contribution in [3.8, 4) is 0 Å². The summed E-state index contributed by atoms with van der Waals surface area (Å²) in [7, 11) is -3.66. The topological polar surface area (TPSA) is 57.7 Å². The number of hydrogen-bond donors (Lipinski definition) is 0. The summed E-state index contributed by atoms with van der Waals surface area (Å²) < 4.78 is 26.4. The molecule has 2 aromatic carbocycles. The molecular formula is C23H29ClN2O3S. The van der Waals surface area contributed by atoms with Gasteiger partial charge in [-0.1, -0.05) is 48.0 Å². The molecular weight excluding hydrogens is 420 g/mol. The fourth-order valence-electron chi connectivity index (χ4n) is 4.16. The molecule has 3 rings (SSSR count). The van der Waals surface area contributed by atoms with Crippen molar-refractivity contribution in [2.24, 2.45) is 5.92 Å². The van der Waals surface area contributed by atoms with Crippen LogP contribution in [-0.2, 0) is 21.2 Å². The molecule has 1 saturated heterocycles. The van der Waals surface area contributed by atoms with Crippen LogP contribution in [0, 0.1) is 12.8 Å². The van der Waals surface area contributed by atoms with Crippen molar-refractivity contribution in [1.82, 2.24) is 4.90 Å². The van der Waals surface area contributed by atoms with Crippen molar-refractivity contribution in [2.75, 3.05) is 23.7 Å². The Morgan fingerprint density at radius 1 is 1.17 bits per heavy atom. The minimum absolute atomic E-state index is 0.169. The lowest BCUT2D eigenvalue weighted by molar-refractivity contribution is -0.133. The summed E-state index contributed by atoms with van der Waals surface area (Å²) in [6.45, 7) is 4.76. The predicted octanol–water partition coefficient (Wildman–Crippen LogP) is 4.28. The molecule has 0 aromatic heterocycles. The largest absolute Gasteiger partial charge is 0.341 e. The van der Waals surface area contributed by atoms with E-state index in [-0.39, 0.29) is 5.91 Å². The molecule has 2 aromatic rings. The monoisotopic (exact) mass is 448 g/mol. The van der Waals surface area contributed by atoms with Crippen LogP contribution in [0.25, 0.3) is 0 Å². The van der Waals surface area contributed by atoms with Gasteiger partial charge in [-0.15, -0.1) is 0 Å². The third-order valence-corrected chi connectivity index (χ3v) is 7.23. The first kappa shape index (κ1) is 22.6. The molecule has 0 N–H and O–H groups in total. The highest BCUT2D eigenvalue weighted by Crippen LogP contribution is 2.29. The van der Waals surface area contributed by atoms with E-state index in [1.807, 2.05) is 25.1 Å². The lowest BCUT2D eigenvalue weighted by Gasteiger charge is -2.37. The first-order valence-corrected chi connectivity index (χ1v) is 12.5. The summed E-state index contributed by atoms with van der Waals surface area (Å²) in [5, 5.41) is 0.436. The van der Waals surface area contributed by atoms with Gasteiger partial charge in [-0.25, -0.2) is 8.42 Å². The molecule has 7 heteroatoms. The number of sulfonamides is 1. The maximum atomic E-state index is 13.2. The number of carbonyl (C=O) groups is 1. The van der Waals surface area contributed by atoms with Crippen molar-refractivity contribution in [3.63, 3.8) is 0 Å². The van der Waals surface area contributed by atoms with Crippen LogP contribution >= 0.6 is 11.6 Å². The van der Waals surface area contributed by atoms with E-state index in [2.05, 4.69) is 12.1 Å². The van der Waals surface area contributed by atoms with Gasteiger partial charge in [0.15, 0.2) is 0 Å². The van der Waals surface area contributed by atoms with Gasteiger partial charge in [-0.2, -0.15) is 0 Å². The SMILES string of the molecule is Cc1ccc(Cl)cc1N([C@H](C)C(=O)N1CCC(Cc2ccccc2)CC1)S(C)(=O)=O. The van der Waals surface area contributed by atoms with Crippen LogP contribution in [0.15, 0.2) is 48.5 Å². The van der Waals surface area contributed by atoms with Crippen LogP contribution in [0.5, 0.6) is 0 Å². The Morgan fingerprint density at radius 3 is 2.40 bits per heavy atom. The zero-order valence-electron chi connectivity index (χ0n) is 17.7. The van der Waals surface area contributed by atoms with Gasteiger partial charge in [0.05, 0.1) is 11.9 Å². The summed E-state index contributed by atoms with van der Waals surface area (Å²) >= 11 is 6.11. The van der Waals surface area contributed by atoms with Gasteiger partial charge in [0.1, 0.15) is 6.04 Å². The van der Waals surface area contributed by atoms with E-state index in [4.69, 9.17) is 11.6 Å². The summed E-state index contributed by atoms with van der Waals surface area (Å²) in [5.41, 5.74) is 2.52. The minimum Gasteiger partial charge on any atom is -0.341 e. The standard InChI is InChI=1S/C23H29ClN2O3S/c1-17-9-10-21(24)16-22(17)26(30(3,28)29)18(2)23(27)25-13-11-20(12-14-25)15-19-7-5-4-6-8-19/h4-10,16,18,20H,11-15H2,1-3H3/t18-/m1/s1. The molecule has 1 aliphatic rings. The molecule has 162 valence electrons. The molecule has 0 unspecified atom stereocenters. The quantitative estimate of drug-likeness (QED) is 0.662. The second-order valence-electron chi connectivity index (χ2n) is 8.12. The van der Waals surface area contributed by atoms with Gasteiger partial charge in [-0.3, -0.25) is 9.10 Å². The molecule has 0 spiro atoms. The molecule has 30 heavy (non-hydrogen) atoms. The molecule has 1 aliphatic heterocycles. The fourth-order valence-corrected chi connectivity index (χ4v) is 5.55. The van der Waals surface area contributed by atoms with Crippen LogP contribution in [-0.4, -0.2) is 44.6 Å². The Morgan fingerprint density at radius 2 is 1.80 bits per heavy atom. The molecule has 1 amide bonds. The van der Waals surface area contributed by atoms with Crippen molar-refractivity contribution in [1.29, 1.82) is 0 Å². The van der Waals surface area contributed by atoms with Crippen LogP contribution < -0.4 is 4.31 Å². The molecule has 0 bridgehead atoms. The molecule has 5 nitrogen and oxygen atoms in total. The minimum atomic E-state index is -3.66. The number of nitrogens with zero attached hydrogens (tertiary/aromatic N) is 2. The molecule has 0 aliphatic carbocycles. The lowest BCUT2D eigenvalue weighted by atomic mass is 9.90. The number of halogens is 1. The summed E-state index contributed by atoms with van der Waals surface area (Å²) in [6, 6.07) is 14.6. The Bertz CT molecular complexity index is 987. The number of anilines is 1. The number of rotatable bonds is 6. The van der Waals surface area contributed by atoms with E-state index in [0.29, 0.717) is 29.7 Å². The zero-order valence-corrected chi connectivity index (χ0v) is 19.3. The van der Waals surface area contributed by atoms with Crippen LogP contribution in [0.4, 0.5) is 5.69 Å².